The Labute approximate surface area is 132 Å². The first-order valence-corrected chi connectivity index (χ1v) is 9.49. The number of hydrogen-bond acceptors (Lipinski definition) is 5. The molecule has 0 aliphatic carbocycles. The van der Waals surface area contributed by atoms with Crippen LogP contribution in [0.25, 0.3) is 0 Å². The van der Waals surface area contributed by atoms with E-state index in [9.17, 15) is 8.42 Å². The van der Waals surface area contributed by atoms with Crippen LogP contribution in [0.5, 0.6) is 0 Å². The molecule has 0 saturated carbocycles. The summed E-state index contributed by atoms with van der Waals surface area (Å²) in [6.45, 7) is 2.69. The highest BCUT2D eigenvalue weighted by Crippen LogP contribution is 2.29. The van der Waals surface area contributed by atoms with Crippen LogP contribution >= 0.6 is 0 Å². The summed E-state index contributed by atoms with van der Waals surface area (Å²) in [5.41, 5.74) is 6.04. The number of nitrogens with zero attached hydrogens (tertiary/aromatic N) is 3. The number of hydrogen-bond donors (Lipinski definition) is 1. The van der Waals surface area contributed by atoms with E-state index < -0.39 is 10.0 Å². The molecule has 2 fully saturated rings. The molecule has 3 heterocycles. The molecule has 3 rings (SSSR count). The smallest absolute Gasteiger partial charge is 0.246 e. The van der Waals surface area contributed by atoms with Gasteiger partial charge in [-0.1, -0.05) is 6.42 Å². The third-order valence-corrected chi connectivity index (χ3v) is 6.36. The van der Waals surface area contributed by atoms with Gasteiger partial charge in [-0.2, -0.15) is 4.31 Å². The highest BCUT2D eigenvalue weighted by atomic mass is 32.2. The van der Waals surface area contributed by atoms with Gasteiger partial charge in [0.05, 0.1) is 0 Å². The zero-order valence-electron chi connectivity index (χ0n) is 12.8. The van der Waals surface area contributed by atoms with E-state index in [1.807, 2.05) is 4.90 Å². The Morgan fingerprint density at radius 3 is 2.64 bits per heavy atom. The number of aromatic nitrogens is 1. The summed E-state index contributed by atoms with van der Waals surface area (Å²) in [6, 6.07) is 3.46. The van der Waals surface area contributed by atoms with Crippen molar-refractivity contribution in [3.05, 3.63) is 18.3 Å². The average molecular weight is 324 g/mol. The fourth-order valence-corrected chi connectivity index (χ4v) is 4.95. The van der Waals surface area contributed by atoms with Crippen molar-refractivity contribution in [2.24, 2.45) is 5.73 Å². The van der Waals surface area contributed by atoms with Crippen LogP contribution in [-0.2, 0) is 10.0 Å². The van der Waals surface area contributed by atoms with Crippen molar-refractivity contribution in [1.82, 2.24) is 9.29 Å². The van der Waals surface area contributed by atoms with E-state index in [0.717, 1.165) is 38.6 Å². The van der Waals surface area contributed by atoms with Crippen molar-refractivity contribution < 1.29 is 8.42 Å². The summed E-state index contributed by atoms with van der Waals surface area (Å²) in [6.07, 6.45) is 6.59. The summed E-state index contributed by atoms with van der Waals surface area (Å²) < 4.78 is 27.5. The van der Waals surface area contributed by atoms with Crippen LogP contribution < -0.4 is 10.6 Å². The summed E-state index contributed by atoms with van der Waals surface area (Å²) in [5.74, 6) is 0.559. The third kappa shape index (κ3) is 3.11. The van der Waals surface area contributed by atoms with Crippen molar-refractivity contribution >= 4 is 15.8 Å². The van der Waals surface area contributed by atoms with Crippen LogP contribution in [0, 0.1) is 0 Å². The van der Waals surface area contributed by atoms with E-state index in [1.54, 1.807) is 22.6 Å². The first-order chi connectivity index (χ1) is 10.6. The Kier molecular flexibility index (Phi) is 4.65. The molecular formula is C15H24N4O2S. The molecule has 1 atom stereocenters. The highest BCUT2D eigenvalue weighted by Gasteiger charge is 2.31. The second-order valence-corrected chi connectivity index (χ2v) is 8.04. The number of pyridine rings is 1. The molecule has 1 aromatic rings. The number of nitrogens with two attached hydrogens (primary N) is 1. The van der Waals surface area contributed by atoms with Gasteiger partial charge in [-0.05, 0) is 37.8 Å². The number of rotatable bonds is 3. The Bertz CT molecular complexity index is 614. The second-order valence-electron chi connectivity index (χ2n) is 6.14. The molecule has 2 aliphatic heterocycles. The Hall–Kier alpha value is -1.18. The van der Waals surface area contributed by atoms with Gasteiger partial charge in [0.1, 0.15) is 10.7 Å². The maximum Gasteiger partial charge on any atom is 0.246 e. The average Bonchev–Trinajstić information content (AvgIpc) is 2.56. The number of piperidine rings is 2. The predicted molar refractivity (Wildman–Crippen MR) is 86.3 cm³/mol. The van der Waals surface area contributed by atoms with E-state index in [2.05, 4.69) is 4.98 Å². The molecule has 2 saturated heterocycles. The summed E-state index contributed by atoms with van der Waals surface area (Å²) in [4.78, 5) is 6.71. The summed E-state index contributed by atoms with van der Waals surface area (Å²) in [7, 11) is -3.47. The maximum atomic E-state index is 13.0. The molecule has 2 aliphatic rings. The maximum absolute atomic E-state index is 13.0. The van der Waals surface area contributed by atoms with Gasteiger partial charge < -0.3 is 10.6 Å². The van der Waals surface area contributed by atoms with Crippen LogP contribution in [0.1, 0.15) is 32.1 Å². The Morgan fingerprint density at radius 1 is 1.14 bits per heavy atom. The van der Waals surface area contributed by atoms with Crippen LogP contribution in [0.3, 0.4) is 0 Å². The SMILES string of the molecule is NC1CCCN(c2ncccc2S(=O)(=O)N2CCCCC2)C1. The second kappa shape index (κ2) is 6.52. The van der Waals surface area contributed by atoms with E-state index in [-0.39, 0.29) is 6.04 Å². The van der Waals surface area contributed by atoms with Crippen molar-refractivity contribution in [2.45, 2.75) is 43.0 Å². The lowest BCUT2D eigenvalue weighted by Gasteiger charge is -2.34. The molecule has 1 aromatic heterocycles. The molecule has 0 bridgehead atoms. The molecule has 7 heteroatoms. The first kappa shape index (κ1) is 15.7. The van der Waals surface area contributed by atoms with Gasteiger partial charge in [0, 0.05) is 38.4 Å². The summed E-state index contributed by atoms with van der Waals surface area (Å²) >= 11 is 0. The largest absolute Gasteiger partial charge is 0.354 e. The van der Waals surface area contributed by atoms with E-state index in [0.29, 0.717) is 30.3 Å². The molecule has 0 radical (unpaired) electrons. The fraction of sp³-hybridized carbons (Fsp3) is 0.667. The van der Waals surface area contributed by atoms with Crippen LogP contribution in [0.2, 0.25) is 0 Å². The Balaban J connectivity index is 1.93. The van der Waals surface area contributed by atoms with Crippen LogP contribution in [-0.4, -0.2) is 49.9 Å². The molecule has 2 N–H and O–H groups in total. The van der Waals surface area contributed by atoms with Gasteiger partial charge in [0.15, 0.2) is 0 Å². The lowest BCUT2D eigenvalue weighted by Crippen LogP contribution is -2.44. The molecule has 122 valence electrons. The van der Waals surface area contributed by atoms with E-state index in [4.69, 9.17) is 5.73 Å². The minimum absolute atomic E-state index is 0.0845. The van der Waals surface area contributed by atoms with Crippen molar-refractivity contribution in [1.29, 1.82) is 0 Å². The molecule has 1 unspecified atom stereocenters. The topological polar surface area (TPSA) is 79.5 Å². The lowest BCUT2D eigenvalue weighted by molar-refractivity contribution is 0.346. The van der Waals surface area contributed by atoms with Gasteiger partial charge in [-0.15, -0.1) is 0 Å². The third-order valence-electron chi connectivity index (χ3n) is 4.44. The zero-order chi connectivity index (χ0) is 15.6. The van der Waals surface area contributed by atoms with E-state index in [1.165, 1.54) is 0 Å². The Morgan fingerprint density at radius 2 is 1.91 bits per heavy atom. The van der Waals surface area contributed by atoms with Gasteiger partial charge in [-0.25, -0.2) is 13.4 Å². The van der Waals surface area contributed by atoms with Crippen LogP contribution in [0.4, 0.5) is 5.82 Å². The first-order valence-electron chi connectivity index (χ1n) is 8.05. The van der Waals surface area contributed by atoms with Crippen LogP contribution in [0.15, 0.2) is 23.2 Å². The summed E-state index contributed by atoms with van der Waals surface area (Å²) in [5, 5.41) is 0. The number of anilines is 1. The minimum Gasteiger partial charge on any atom is -0.354 e. The van der Waals surface area contributed by atoms with Crippen molar-refractivity contribution in [3.8, 4) is 0 Å². The monoisotopic (exact) mass is 324 g/mol. The van der Waals surface area contributed by atoms with Crippen molar-refractivity contribution in [2.75, 3.05) is 31.1 Å². The zero-order valence-corrected chi connectivity index (χ0v) is 13.6. The molecule has 0 amide bonds. The number of sulfonamides is 1. The van der Waals surface area contributed by atoms with Gasteiger partial charge >= 0.3 is 0 Å². The quantitative estimate of drug-likeness (QED) is 0.903. The molecular weight excluding hydrogens is 300 g/mol. The predicted octanol–water partition coefficient (Wildman–Crippen LogP) is 1.18. The van der Waals surface area contributed by atoms with Crippen molar-refractivity contribution in [3.63, 3.8) is 0 Å². The van der Waals surface area contributed by atoms with Gasteiger partial charge in [0.25, 0.3) is 0 Å². The standard InChI is InChI=1S/C15H24N4O2S/c16-13-6-5-9-18(12-13)15-14(7-4-8-17-15)22(20,21)19-10-2-1-3-11-19/h4,7-8,13H,1-3,5-6,9-12,16H2. The van der Waals surface area contributed by atoms with Gasteiger partial charge in [0.2, 0.25) is 10.0 Å². The molecule has 0 spiro atoms. The molecule has 6 nitrogen and oxygen atoms in total. The molecule has 0 aromatic carbocycles. The molecule has 22 heavy (non-hydrogen) atoms. The van der Waals surface area contributed by atoms with Gasteiger partial charge in [-0.3, -0.25) is 0 Å². The minimum atomic E-state index is -3.47. The highest BCUT2D eigenvalue weighted by molar-refractivity contribution is 7.89. The lowest BCUT2D eigenvalue weighted by atomic mass is 10.1. The fourth-order valence-electron chi connectivity index (χ4n) is 3.27. The normalized spacial score (nSPS) is 24.4. The van der Waals surface area contributed by atoms with E-state index >= 15 is 0 Å².